The van der Waals surface area contributed by atoms with E-state index in [0.29, 0.717) is 12.0 Å². The van der Waals surface area contributed by atoms with Crippen molar-refractivity contribution in [2.75, 3.05) is 24.7 Å². The summed E-state index contributed by atoms with van der Waals surface area (Å²) < 4.78 is 5.54. The lowest BCUT2D eigenvalue weighted by Gasteiger charge is -2.26. The summed E-state index contributed by atoms with van der Waals surface area (Å²) in [6, 6.07) is 6.67. The molecule has 120 valence electrons. The van der Waals surface area contributed by atoms with Gasteiger partial charge in [-0.25, -0.2) is 9.97 Å². The summed E-state index contributed by atoms with van der Waals surface area (Å²) >= 11 is 0. The topological polar surface area (TPSA) is 51.1 Å². The first kappa shape index (κ1) is 14.6. The highest BCUT2D eigenvalue weighted by Crippen LogP contribution is 2.33. The van der Waals surface area contributed by atoms with Gasteiger partial charge in [0, 0.05) is 54.8 Å². The number of hydrogen-bond donors (Lipinski definition) is 0. The molecule has 0 amide bonds. The minimum atomic E-state index is 0.621. The number of ether oxygens (including phenoxy) is 1. The van der Waals surface area contributed by atoms with Crippen LogP contribution in [0.2, 0.25) is 0 Å². The highest BCUT2D eigenvalue weighted by molar-refractivity contribution is 5.57. The Morgan fingerprint density at radius 3 is 2.70 bits per heavy atom. The SMILES string of the molecule is Cc1cc(N(C[C@@H]2CCOC2)C2CC2)nc(-c2ccncc2)n1. The maximum absolute atomic E-state index is 5.54. The smallest absolute Gasteiger partial charge is 0.161 e. The van der Waals surface area contributed by atoms with Crippen molar-refractivity contribution in [3.8, 4) is 11.4 Å². The number of pyridine rings is 1. The molecule has 2 aromatic rings. The summed E-state index contributed by atoms with van der Waals surface area (Å²) in [6.45, 7) is 4.86. The minimum Gasteiger partial charge on any atom is -0.381 e. The Bertz CT molecular complexity index is 666. The molecular weight excluding hydrogens is 288 g/mol. The van der Waals surface area contributed by atoms with Crippen LogP contribution < -0.4 is 4.90 Å². The van der Waals surface area contributed by atoms with Crippen molar-refractivity contribution in [3.63, 3.8) is 0 Å². The van der Waals surface area contributed by atoms with E-state index in [9.17, 15) is 0 Å². The summed E-state index contributed by atoms with van der Waals surface area (Å²) in [4.78, 5) is 16.0. The summed E-state index contributed by atoms with van der Waals surface area (Å²) in [5.74, 6) is 2.46. The third-order valence-corrected chi connectivity index (χ3v) is 4.54. The molecule has 2 fully saturated rings. The van der Waals surface area contributed by atoms with Crippen LogP contribution in [0.25, 0.3) is 11.4 Å². The van der Waals surface area contributed by atoms with Crippen molar-refractivity contribution in [1.29, 1.82) is 0 Å². The summed E-state index contributed by atoms with van der Waals surface area (Å²) in [5, 5.41) is 0. The molecule has 0 bridgehead atoms. The first-order valence-electron chi connectivity index (χ1n) is 8.40. The lowest BCUT2D eigenvalue weighted by Crippen LogP contribution is -2.32. The Morgan fingerprint density at radius 2 is 2.00 bits per heavy atom. The van der Waals surface area contributed by atoms with Crippen LogP contribution in [0.1, 0.15) is 25.0 Å². The van der Waals surface area contributed by atoms with Gasteiger partial charge in [0.05, 0.1) is 6.61 Å². The summed E-state index contributed by atoms with van der Waals surface area (Å²) in [5.41, 5.74) is 2.03. The maximum atomic E-state index is 5.54. The van der Waals surface area contributed by atoms with Crippen molar-refractivity contribution < 1.29 is 4.74 Å². The van der Waals surface area contributed by atoms with Crippen molar-refractivity contribution in [2.24, 2.45) is 5.92 Å². The zero-order chi connectivity index (χ0) is 15.6. The molecule has 4 rings (SSSR count). The van der Waals surface area contributed by atoms with Gasteiger partial charge in [0.2, 0.25) is 0 Å². The molecule has 3 heterocycles. The predicted molar refractivity (Wildman–Crippen MR) is 89.3 cm³/mol. The highest BCUT2D eigenvalue weighted by Gasteiger charge is 2.33. The Kier molecular flexibility index (Phi) is 3.95. The number of aryl methyl sites for hydroxylation is 1. The molecule has 0 N–H and O–H groups in total. The third-order valence-electron chi connectivity index (χ3n) is 4.54. The molecule has 0 aromatic carbocycles. The van der Waals surface area contributed by atoms with Crippen LogP contribution >= 0.6 is 0 Å². The molecule has 1 saturated carbocycles. The Balaban J connectivity index is 1.64. The van der Waals surface area contributed by atoms with Gasteiger partial charge in [-0.05, 0) is 38.3 Å². The standard InChI is InChI=1S/C18H22N4O/c1-13-10-17(21-18(20-13)15-4-7-19-8-5-15)22(16-2-3-16)11-14-6-9-23-12-14/h4-5,7-8,10,14,16H,2-3,6,9,11-12H2,1H3/t14-/m0/s1. The first-order valence-corrected chi connectivity index (χ1v) is 8.40. The van der Waals surface area contributed by atoms with Gasteiger partial charge < -0.3 is 9.64 Å². The van der Waals surface area contributed by atoms with Gasteiger partial charge in [-0.15, -0.1) is 0 Å². The molecule has 2 aromatic heterocycles. The fraction of sp³-hybridized carbons (Fsp3) is 0.500. The molecule has 1 saturated heterocycles. The second kappa shape index (κ2) is 6.24. The van der Waals surface area contributed by atoms with E-state index in [0.717, 1.165) is 49.1 Å². The largest absolute Gasteiger partial charge is 0.381 e. The van der Waals surface area contributed by atoms with Crippen molar-refractivity contribution in [1.82, 2.24) is 15.0 Å². The van der Waals surface area contributed by atoms with Crippen LogP contribution in [0.15, 0.2) is 30.6 Å². The fourth-order valence-electron chi connectivity index (χ4n) is 3.15. The Labute approximate surface area is 136 Å². The molecule has 1 atom stereocenters. The average Bonchev–Trinajstić information content (AvgIpc) is 3.29. The van der Waals surface area contributed by atoms with E-state index in [4.69, 9.17) is 9.72 Å². The van der Waals surface area contributed by atoms with Crippen LogP contribution in [0.5, 0.6) is 0 Å². The van der Waals surface area contributed by atoms with E-state index in [1.54, 1.807) is 12.4 Å². The van der Waals surface area contributed by atoms with Crippen LogP contribution in [-0.4, -0.2) is 40.8 Å². The van der Waals surface area contributed by atoms with E-state index in [-0.39, 0.29) is 0 Å². The molecular formula is C18H22N4O. The van der Waals surface area contributed by atoms with Crippen molar-refractivity contribution in [2.45, 2.75) is 32.2 Å². The molecule has 0 radical (unpaired) electrons. The second-order valence-corrected chi connectivity index (χ2v) is 6.54. The van der Waals surface area contributed by atoms with E-state index in [1.165, 1.54) is 12.8 Å². The summed E-state index contributed by atoms with van der Waals surface area (Å²) in [7, 11) is 0. The lowest BCUT2D eigenvalue weighted by atomic mass is 10.1. The zero-order valence-corrected chi connectivity index (χ0v) is 13.5. The first-order chi connectivity index (χ1) is 11.3. The quantitative estimate of drug-likeness (QED) is 0.850. The normalized spacial score (nSPS) is 20.7. The minimum absolute atomic E-state index is 0.621. The van der Waals surface area contributed by atoms with E-state index in [1.807, 2.05) is 19.1 Å². The average molecular weight is 310 g/mol. The Morgan fingerprint density at radius 1 is 1.17 bits per heavy atom. The monoisotopic (exact) mass is 310 g/mol. The van der Waals surface area contributed by atoms with Gasteiger partial charge in [0.1, 0.15) is 5.82 Å². The lowest BCUT2D eigenvalue weighted by molar-refractivity contribution is 0.186. The highest BCUT2D eigenvalue weighted by atomic mass is 16.5. The van der Waals surface area contributed by atoms with E-state index < -0.39 is 0 Å². The maximum Gasteiger partial charge on any atom is 0.161 e. The number of nitrogens with zero attached hydrogens (tertiary/aromatic N) is 4. The van der Waals surface area contributed by atoms with Crippen LogP contribution in [0.4, 0.5) is 5.82 Å². The Hall–Kier alpha value is -2.01. The fourth-order valence-corrected chi connectivity index (χ4v) is 3.15. The van der Waals surface area contributed by atoms with E-state index >= 15 is 0 Å². The van der Waals surface area contributed by atoms with Gasteiger partial charge in [-0.2, -0.15) is 0 Å². The summed E-state index contributed by atoms with van der Waals surface area (Å²) in [6.07, 6.45) is 7.26. The van der Waals surface area contributed by atoms with Gasteiger partial charge in [-0.1, -0.05) is 0 Å². The second-order valence-electron chi connectivity index (χ2n) is 6.54. The number of rotatable bonds is 5. The van der Waals surface area contributed by atoms with Gasteiger partial charge >= 0.3 is 0 Å². The van der Waals surface area contributed by atoms with Gasteiger partial charge in [0.15, 0.2) is 5.82 Å². The third kappa shape index (κ3) is 3.34. The molecule has 5 nitrogen and oxygen atoms in total. The van der Waals surface area contributed by atoms with Crippen LogP contribution in [0.3, 0.4) is 0 Å². The van der Waals surface area contributed by atoms with E-state index in [2.05, 4.69) is 20.9 Å². The molecule has 2 aliphatic rings. The predicted octanol–water partition coefficient (Wildman–Crippen LogP) is 2.85. The van der Waals surface area contributed by atoms with Gasteiger partial charge in [-0.3, -0.25) is 4.98 Å². The molecule has 0 unspecified atom stereocenters. The molecule has 0 spiro atoms. The molecule has 1 aliphatic carbocycles. The number of anilines is 1. The zero-order valence-electron chi connectivity index (χ0n) is 13.5. The van der Waals surface area contributed by atoms with Crippen LogP contribution in [-0.2, 0) is 4.74 Å². The molecule has 1 aliphatic heterocycles. The number of hydrogen-bond acceptors (Lipinski definition) is 5. The van der Waals surface area contributed by atoms with Crippen LogP contribution in [0, 0.1) is 12.8 Å². The molecule has 23 heavy (non-hydrogen) atoms. The van der Waals surface area contributed by atoms with Gasteiger partial charge in [0.25, 0.3) is 0 Å². The number of aromatic nitrogens is 3. The molecule has 5 heteroatoms. The van der Waals surface area contributed by atoms with Crippen molar-refractivity contribution in [3.05, 3.63) is 36.3 Å². The van der Waals surface area contributed by atoms with Crippen molar-refractivity contribution >= 4 is 5.82 Å².